The van der Waals surface area contributed by atoms with Gasteiger partial charge in [-0.1, -0.05) is 43.0 Å². The van der Waals surface area contributed by atoms with Crippen molar-refractivity contribution < 1.29 is 0 Å². The van der Waals surface area contributed by atoms with Crippen molar-refractivity contribution in [2.24, 2.45) is 0 Å². The number of benzene rings is 1. The molecule has 0 fully saturated rings. The molecule has 0 saturated carbocycles. The lowest BCUT2D eigenvalue weighted by molar-refractivity contribution is 0.608. The fraction of sp³-hybridized carbons (Fsp3) is 0.222. The number of nitrogens with zero attached hydrogens (tertiary/aromatic N) is 7. The van der Waals surface area contributed by atoms with Crippen LogP contribution in [-0.2, 0) is 18.7 Å². The molecular formula is C18H19N9S2. The number of hydrogen-bond donors (Lipinski definition) is 2. The summed E-state index contributed by atoms with van der Waals surface area (Å²) in [5, 5.41) is 17.9. The Morgan fingerprint density at radius 3 is 2.86 bits per heavy atom. The molecule has 0 bridgehead atoms. The summed E-state index contributed by atoms with van der Waals surface area (Å²) >= 11 is 3.12. The Bertz CT molecular complexity index is 1080. The third-order valence-corrected chi connectivity index (χ3v) is 5.87. The number of para-hydroxylation sites is 1. The van der Waals surface area contributed by atoms with E-state index in [-0.39, 0.29) is 5.95 Å². The van der Waals surface area contributed by atoms with E-state index in [9.17, 15) is 0 Å². The van der Waals surface area contributed by atoms with E-state index in [1.54, 1.807) is 16.0 Å². The van der Waals surface area contributed by atoms with Crippen LogP contribution in [0.15, 0.2) is 46.9 Å². The normalized spacial score (nSPS) is 10.9. The highest BCUT2D eigenvalue weighted by molar-refractivity contribution is 7.98. The number of anilines is 3. The molecule has 3 heterocycles. The summed E-state index contributed by atoms with van der Waals surface area (Å²) in [6.07, 6.45) is 0.902. The van der Waals surface area contributed by atoms with Crippen LogP contribution < -0.4 is 11.1 Å². The van der Waals surface area contributed by atoms with E-state index in [4.69, 9.17) is 5.73 Å². The Morgan fingerprint density at radius 2 is 2.03 bits per heavy atom. The predicted molar refractivity (Wildman–Crippen MR) is 114 cm³/mol. The Morgan fingerprint density at radius 1 is 1.14 bits per heavy atom. The van der Waals surface area contributed by atoms with Crippen LogP contribution in [0.2, 0.25) is 0 Å². The van der Waals surface area contributed by atoms with Crippen molar-refractivity contribution in [3.63, 3.8) is 0 Å². The largest absolute Gasteiger partial charge is 0.368 e. The fourth-order valence-electron chi connectivity index (χ4n) is 2.71. The zero-order valence-corrected chi connectivity index (χ0v) is 17.3. The summed E-state index contributed by atoms with van der Waals surface area (Å²) in [4.78, 5) is 14.1. The molecule has 11 heteroatoms. The summed E-state index contributed by atoms with van der Waals surface area (Å²) in [7, 11) is 0. The molecule has 9 nitrogen and oxygen atoms in total. The number of hydrogen-bond acceptors (Lipinski definition) is 10. The van der Waals surface area contributed by atoms with Gasteiger partial charge in [0.05, 0.1) is 12.3 Å². The smallest absolute Gasteiger partial charge is 0.232 e. The Labute approximate surface area is 175 Å². The van der Waals surface area contributed by atoms with Crippen LogP contribution in [0, 0.1) is 0 Å². The number of thiophene rings is 1. The lowest BCUT2D eigenvalue weighted by Crippen LogP contribution is -2.08. The van der Waals surface area contributed by atoms with Crippen LogP contribution in [-0.4, -0.2) is 35.2 Å². The first-order chi connectivity index (χ1) is 14.2. The number of rotatable bonds is 8. The minimum absolute atomic E-state index is 0.172. The number of nitrogen functional groups attached to an aromatic ring is 1. The van der Waals surface area contributed by atoms with Crippen molar-refractivity contribution in [2.75, 3.05) is 11.1 Å². The number of tetrazole rings is 1. The Balaban J connectivity index is 1.47. The Kier molecular flexibility index (Phi) is 5.96. The molecule has 0 atom stereocenters. The summed E-state index contributed by atoms with van der Waals surface area (Å²) in [5.74, 6) is 1.63. The minimum atomic E-state index is 0.172. The molecule has 0 aliphatic rings. The van der Waals surface area contributed by atoms with Gasteiger partial charge in [0.15, 0.2) is 0 Å². The van der Waals surface area contributed by atoms with Crippen LogP contribution in [0.5, 0.6) is 0 Å². The topological polar surface area (TPSA) is 120 Å². The van der Waals surface area contributed by atoms with Gasteiger partial charge in [-0.2, -0.15) is 15.0 Å². The van der Waals surface area contributed by atoms with Crippen molar-refractivity contribution in [1.29, 1.82) is 0 Å². The SMILES string of the molecule is CCc1ccccc1Nc1nc(N)nc(CSc2nnnn2Cc2cccs2)n1. The van der Waals surface area contributed by atoms with Crippen molar-refractivity contribution in [1.82, 2.24) is 35.2 Å². The number of aryl methyl sites for hydroxylation is 1. The van der Waals surface area contributed by atoms with Gasteiger partial charge < -0.3 is 11.1 Å². The first kappa shape index (κ1) is 19.3. The van der Waals surface area contributed by atoms with Crippen LogP contribution in [0.4, 0.5) is 17.6 Å². The maximum absolute atomic E-state index is 5.90. The molecule has 148 valence electrons. The van der Waals surface area contributed by atoms with Gasteiger partial charge in [-0.05, 0) is 39.9 Å². The third kappa shape index (κ3) is 4.87. The highest BCUT2D eigenvalue weighted by Gasteiger charge is 2.12. The first-order valence-corrected chi connectivity index (χ1v) is 10.8. The molecule has 0 aliphatic heterocycles. The number of aromatic nitrogens is 7. The number of nitrogens with two attached hydrogens (primary N) is 1. The van der Waals surface area contributed by atoms with Gasteiger partial charge in [-0.25, -0.2) is 4.68 Å². The van der Waals surface area contributed by atoms with Gasteiger partial charge >= 0.3 is 0 Å². The van der Waals surface area contributed by atoms with E-state index < -0.39 is 0 Å². The van der Waals surface area contributed by atoms with Crippen molar-refractivity contribution >= 4 is 40.7 Å². The summed E-state index contributed by atoms with van der Waals surface area (Å²) in [6.45, 7) is 2.73. The highest BCUT2D eigenvalue weighted by atomic mass is 32.2. The first-order valence-electron chi connectivity index (χ1n) is 8.98. The van der Waals surface area contributed by atoms with Gasteiger partial charge in [0.2, 0.25) is 17.1 Å². The van der Waals surface area contributed by atoms with Gasteiger partial charge in [0.25, 0.3) is 0 Å². The monoisotopic (exact) mass is 425 g/mol. The molecule has 0 unspecified atom stereocenters. The number of thioether (sulfide) groups is 1. The van der Waals surface area contributed by atoms with Gasteiger partial charge in [0.1, 0.15) is 5.82 Å². The van der Waals surface area contributed by atoms with Crippen molar-refractivity contribution in [2.45, 2.75) is 30.8 Å². The standard InChI is InChI=1S/C18H19N9S2/c1-2-12-6-3-4-8-14(12)20-17-22-15(21-16(19)23-17)11-29-18-24-25-26-27(18)10-13-7-5-9-28-13/h3-9H,2,10-11H2,1H3,(H3,19,20,21,22,23). The van der Waals surface area contributed by atoms with Crippen molar-refractivity contribution in [3.05, 3.63) is 58.0 Å². The molecule has 1 aromatic carbocycles. The minimum Gasteiger partial charge on any atom is -0.368 e. The molecule has 0 saturated heterocycles. The summed E-state index contributed by atoms with van der Waals surface area (Å²) in [5.41, 5.74) is 8.03. The lowest BCUT2D eigenvalue weighted by Gasteiger charge is -2.10. The molecule has 0 spiro atoms. The zero-order chi connectivity index (χ0) is 20.1. The van der Waals surface area contributed by atoms with Gasteiger partial charge in [-0.15, -0.1) is 16.4 Å². The molecule has 4 rings (SSSR count). The summed E-state index contributed by atoms with van der Waals surface area (Å²) < 4.78 is 1.76. The lowest BCUT2D eigenvalue weighted by atomic mass is 10.1. The van der Waals surface area contributed by atoms with E-state index in [2.05, 4.69) is 54.9 Å². The second-order valence-corrected chi connectivity index (χ2v) is 8.03. The van der Waals surface area contributed by atoms with Crippen molar-refractivity contribution in [3.8, 4) is 0 Å². The van der Waals surface area contributed by atoms with Crippen LogP contribution in [0.25, 0.3) is 0 Å². The maximum Gasteiger partial charge on any atom is 0.232 e. The molecule has 0 amide bonds. The predicted octanol–water partition coefficient (Wildman–Crippen LogP) is 3.15. The van der Waals surface area contributed by atoms with Crippen LogP contribution in [0.1, 0.15) is 23.2 Å². The van der Waals surface area contributed by atoms with E-state index in [0.29, 0.717) is 29.2 Å². The Hall–Kier alpha value is -3.05. The fourth-order valence-corrected chi connectivity index (χ4v) is 4.13. The molecule has 0 aliphatic carbocycles. The second-order valence-electron chi connectivity index (χ2n) is 6.06. The van der Waals surface area contributed by atoms with E-state index in [1.165, 1.54) is 22.2 Å². The van der Waals surface area contributed by atoms with E-state index in [1.807, 2.05) is 29.6 Å². The molecule has 3 N–H and O–H groups in total. The third-order valence-electron chi connectivity index (χ3n) is 4.06. The van der Waals surface area contributed by atoms with Gasteiger partial charge in [-0.3, -0.25) is 0 Å². The van der Waals surface area contributed by atoms with Crippen LogP contribution >= 0.6 is 23.1 Å². The van der Waals surface area contributed by atoms with Crippen LogP contribution in [0.3, 0.4) is 0 Å². The molecule has 4 aromatic rings. The maximum atomic E-state index is 5.90. The van der Waals surface area contributed by atoms with E-state index >= 15 is 0 Å². The van der Waals surface area contributed by atoms with E-state index in [0.717, 1.165) is 12.1 Å². The van der Waals surface area contributed by atoms with Gasteiger partial charge in [0, 0.05) is 10.6 Å². The highest BCUT2D eigenvalue weighted by Crippen LogP contribution is 2.23. The second kappa shape index (κ2) is 8.97. The molecular weight excluding hydrogens is 406 g/mol. The average molecular weight is 426 g/mol. The average Bonchev–Trinajstić information content (AvgIpc) is 3.39. The molecule has 29 heavy (non-hydrogen) atoms. The number of nitrogens with one attached hydrogen (secondary N) is 1. The quantitative estimate of drug-likeness (QED) is 0.410. The summed E-state index contributed by atoms with van der Waals surface area (Å²) in [6, 6.07) is 12.1. The molecule has 3 aromatic heterocycles. The molecule has 0 radical (unpaired) electrons. The zero-order valence-electron chi connectivity index (χ0n) is 15.7.